The first-order valence-corrected chi connectivity index (χ1v) is 17.7. The Hall–Kier alpha value is -4.47. The normalized spacial score (nSPS) is 18.1. The van der Waals surface area contributed by atoms with Gasteiger partial charge >= 0.3 is 0 Å². The quantitative estimate of drug-likeness (QED) is 0.206. The number of hydrogen-bond donors (Lipinski definition) is 2. The lowest BCUT2D eigenvalue weighted by Gasteiger charge is -2.32. The van der Waals surface area contributed by atoms with E-state index >= 15 is 0 Å². The summed E-state index contributed by atoms with van der Waals surface area (Å²) in [5.74, 6) is 0.752. The van der Waals surface area contributed by atoms with E-state index in [0.29, 0.717) is 49.0 Å². The summed E-state index contributed by atoms with van der Waals surface area (Å²) in [6.45, 7) is 13.2. The lowest BCUT2D eigenvalue weighted by Crippen LogP contribution is -2.48. The maximum absolute atomic E-state index is 13.2. The number of nitrogens with one attached hydrogen (secondary N) is 2. The van der Waals surface area contributed by atoms with E-state index in [1.54, 1.807) is 28.1 Å². The Kier molecular flexibility index (Phi) is 10.9. The van der Waals surface area contributed by atoms with Crippen molar-refractivity contribution in [3.63, 3.8) is 0 Å². The highest BCUT2D eigenvalue weighted by molar-refractivity contribution is 5.99. The molecule has 49 heavy (non-hydrogen) atoms. The molecule has 0 unspecified atom stereocenters. The Labute approximate surface area is 290 Å². The van der Waals surface area contributed by atoms with Crippen LogP contribution in [-0.4, -0.2) is 63.6 Å². The standard InChI is InChI=1S/C39H51N5O5/c1-7-21-38(3,4)36(47)43-23-9-11-30(43)33(45)41-28-17-13-26(14-18-28)32-25-40-35(49-32)27-15-19-29(20-16-27)42-34(46)31-12-10-24-44(31)37(48)39(5,6)22-8-2/h13-20,25,30-31H,7-12,21-24H2,1-6H3,(H,41,45)(H,42,46)/t30-,31-/m0/s1. The lowest BCUT2D eigenvalue weighted by atomic mass is 9.86. The third-order valence-corrected chi connectivity index (χ3v) is 9.88. The van der Waals surface area contributed by atoms with Crippen LogP contribution in [0.25, 0.3) is 22.8 Å². The van der Waals surface area contributed by atoms with Gasteiger partial charge in [0, 0.05) is 46.4 Å². The van der Waals surface area contributed by atoms with E-state index in [4.69, 9.17) is 4.42 Å². The average molecular weight is 670 g/mol. The van der Waals surface area contributed by atoms with Gasteiger partial charge in [-0.1, -0.05) is 54.4 Å². The molecule has 2 aromatic carbocycles. The molecule has 2 fully saturated rings. The Bertz CT molecular complexity index is 1520. The zero-order valence-corrected chi connectivity index (χ0v) is 29.8. The van der Waals surface area contributed by atoms with Gasteiger partial charge in [0.1, 0.15) is 12.1 Å². The van der Waals surface area contributed by atoms with E-state index in [1.165, 1.54) is 0 Å². The van der Waals surface area contributed by atoms with Crippen LogP contribution in [0, 0.1) is 10.8 Å². The van der Waals surface area contributed by atoms with Crippen molar-refractivity contribution in [3.8, 4) is 22.8 Å². The molecule has 0 aliphatic carbocycles. The minimum absolute atomic E-state index is 0.0388. The van der Waals surface area contributed by atoms with Crippen LogP contribution < -0.4 is 10.6 Å². The first kappa shape index (κ1) is 35.8. The highest BCUT2D eigenvalue weighted by Gasteiger charge is 2.41. The van der Waals surface area contributed by atoms with Crippen molar-refractivity contribution in [2.45, 2.75) is 105 Å². The van der Waals surface area contributed by atoms with Gasteiger partial charge in [-0.3, -0.25) is 19.2 Å². The summed E-state index contributed by atoms with van der Waals surface area (Å²) in [5.41, 5.74) is 1.87. The Morgan fingerprint density at radius 2 is 1.14 bits per heavy atom. The molecule has 262 valence electrons. The van der Waals surface area contributed by atoms with Crippen molar-refractivity contribution < 1.29 is 23.6 Å². The number of anilines is 2. The number of aromatic nitrogens is 1. The molecule has 0 bridgehead atoms. The van der Waals surface area contributed by atoms with Gasteiger partial charge in [0.05, 0.1) is 6.20 Å². The maximum atomic E-state index is 13.2. The molecule has 0 spiro atoms. The molecule has 2 aliphatic heterocycles. The summed E-state index contributed by atoms with van der Waals surface area (Å²) in [6, 6.07) is 13.7. The zero-order chi connectivity index (χ0) is 35.3. The molecular weight excluding hydrogens is 618 g/mol. The second-order valence-electron chi connectivity index (χ2n) is 14.7. The van der Waals surface area contributed by atoms with Crippen molar-refractivity contribution in [2.75, 3.05) is 23.7 Å². The number of carbonyl (C=O) groups excluding carboxylic acids is 4. The van der Waals surface area contributed by atoms with Crippen molar-refractivity contribution in [2.24, 2.45) is 10.8 Å². The smallest absolute Gasteiger partial charge is 0.247 e. The second-order valence-corrected chi connectivity index (χ2v) is 14.7. The maximum Gasteiger partial charge on any atom is 0.247 e. The van der Waals surface area contributed by atoms with Crippen molar-refractivity contribution in [3.05, 3.63) is 54.7 Å². The van der Waals surface area contributed by atoms with Crippen LogP contribution in [0.1, 0.15) is 92.9 Å². The van der Waals surface area contributed by atoms with E-state index in [9.17, 15) is 19.2 Å². The summed E-state index contributed by atoms with van der Waals surface area (Å²) < 4.78 is 6.07. The van der Waals surface area contributed by atoms with Crippen LogP contribution in [0.3, 0.4) is 0 Å². The predicted octanol–water partition coefficient (Wildman–Crippen LogP) is 7.52. The molecular formula is C39H51N5O5. The van der Waals surface area contributed by atoms with Gasteiger partial charge < -0.3 is 24.9 Å². The van der Waals surface area contributed by atoms with E-state index in [-0.39, 0.29) is 23.6 Å². The van der Waals surface area contributed by atoms with Crippen molar-refractivity contribution in [1.29, 1.82) is 0 Å². The molecule has 3 aromatic rings. The monoisotopic (exact) mass is 669 g/mol. The highest BCUT2D eigenvalue weighted by Crippen LogP contribution is 2.33. The summed E-state index contributed by atoms with van der Waals surface area (Å²) in [4.78, 5) is 60.8. The van der Waals surface area contributed by atoms with Crippen LogP contribution in [0.4, 0.5) is 11.4 Å². The number of hydrogen-bond acceptors (Lipinski definition) is 6. The molecule has 0 radical (unpaired) electrons. The molecule has 0 saturated carbocycles. The van der Waals surface area contributed by atoms with Crippen molar-refractivity contribution >= 4 is 35.0 Å². The number of carbonyl (C=O) groups is 4. The topological polar surface area (TPSA) is 125 Å². The van der Waals surface area contributed by atoms with Gasteiger partial charge in [0.2, 0.25) is 29.5 Å². The van der Waals surface area contributed by atoms with Gasteiger partial charge in [0.25, 0.3) is 0 Å². The van der Waals surface area contributed by atoms with E-state index in [1.807, 2.05) is 64.1 Å². The number of likely N-dealkylation sites (tertiary alicyclic amines) is 2. The second kappa shape index (κ2) is 15.0. The van der Waals surface area contributed by atoms with E-state index < -0.39 is 22.9 Å². The first-order chi connectivity index (χ1) is 23.3. The average Bonchev–Trinajstić information content (AvgIpc) is 3.86. The third-order valence-electron chi connectivity index (χ3n) is 9.88. The van der Waals surface area contributed by atoms with E-state index in [2.05, 4.69) is 29.5 Å². The fourth-order valence-electron chi connectivity index (χ4n) is 7.21. The van der Waals surface area contributed by atoms with Gasteiger partial charge in [-0.05, 0) is 87.1 Å². The number of oxazole rings is 1. The molecule has 4 amide bonds. The molecule has 2 aliphatic rings. The molecule has 3 heterocycles. The minimum Gasteiger partial charge on any atom is -0.436 e. The lowest BCUT2D eigenvalue weighted by molar-refractivity contribution is -0.144. The predicted molar refractivity (Wildman–Crippen MR) is 191 cm³/mol. The SMILES string of the molecule is CCCC(C)(C)C(=O)N1CCC[C@H]1C(=O)Nc1ccc(-c2cnc(-c3ccc(NC(=O)[C@@H]4CCCN4C(=O)C(C)(C)CCC)cc3)o2)cc1. The highest BCUT2D eigenvalue weighted by atomic mass is 16.4. The number of rotatable bonds is 12. The van der Waals surface area contributed by atoms with Crippen LogP contribution in [0.15, 0.2) is 59.1 Å². The van der Waals surface area contributed by atoms with Crippen LogP contribution >= 0.6 is 0 Å². The molecule has 10 nitrogen and oxygen atoms in total. The van der Waals surface area contributed by atoms with Gasteiger partial charge in [-0.2, -0.15) is 0 Å². The number of benzene rings is 2. The fraction of sp³-hybridized carbons (Fsp3) is 0.513. The Balaban J connectivity index is 1.18. The van der Waals surface area contributed by atoms with Gasteiger partial charge in [-0.15, -0.1) is 0 Å². The number of amides is 4. The van der Waals surface area contributed by atoms with Crippen LogP contribution in [-0.2, 0) is 19.2 Å². The van der Waals surface area contributed by atoms with Crippen LogP contribution in [0.2, 0.25) is 0 Å². The summed E-state index contributed by atoms with van der Waals surface area (Å²) in [5, 5.41) is 5.97. The molecule has 10 heteroatoms. The molecule has 2 saturated heterocycles. The Morgan fingerprint density at radius 1 is 0.714 bits per heavy atom. The first-order valence-electron chi connectivity index (χ1n) is 17.7. The third kappa shape index (κ3) is 8.06. The molecule has 1 aromatic heterocycles. The van der Waals surface area contributed by atoms with Crippen LogP contribution in [0.5, 0.6) is 0 Å². The largest absolute Gasteiger partial charge is 0.436 e. The molecule has 2 atom stereocenters. The summed E-state index contributed by atoms with van der Waals surface area (Å²) in [7, 11) is 0. The zero-order valence-electron chi connectivity index (χ0n) is 29.8. The van der Waals surface area contributed by atoms with Crippen molar-refractivity contribution in [1.82, 2.24) is 14.8 Å². The Morgan fingerprint density at radius 3 is 1.57 bits per heavy atom. The van der Waals surface area contributed by atoms with Gasteiger partial charge in [0.15, 0.2) is 5.76 Å². The summed E-state index contributed by atoms with van der Waals surface area (Å²) in [6.07, 6.45) is 7.99. The van der Waals surface area contributed by atoms with E-state index in [0.717, 1.165) is 49.7 Å². The minimum atomic E-state index is -0.489. The van der Waals surface area contributed by atoms with Gasteiger partial charge in [-0.25, -0.2) is 4.98 Å². The fourth-order valence-corrected chi connectivity index (χ4v) is 7.21. The molecule has 5 rings (SSSR count). The summed E-state index contributed by atoms with van der Waals surface area (Å²) >= 11 is 0. The number of nitrogens with zero attached hydrogens (tertiary/aromatic N) is 3. The molecule has 2 N–H and O–H groups in total.